The summed E-state index contributed by atoms with van der Waals surface area (Å²) >= 11 is 11.9. The second kappa shape index (κ2) is 8.20. The number of halogens is 2. The Bertz CT molecular complexity index is 948. The van der Waals surface area contributed by atoms with Gasteiger partial charge in [-0.1, -0.05) is 48.3 Å². The lowest BCUT2D eigenvalue weighted by atomic mass is 10.0. The quantitative estimate of drug-likeness (QED) is 0.798. The van der Waals surface area contributed by atoms with Crippen LogP contribution in [0.15, 0.2) is 42.5 Å². The number of carbonyl (C=O) groups is 3. The molecule has 1 aliphatic heterocycles. The predicted octanol–water partition coefficient (Wildman–Crippen LogP) is 3.02. The third-order valence-electron chi connectivity index (χ3n) is 4.62. The number of carbonyl (C=O) groups excluding carboxylic acids is 3. The van der Waals surface area contributed by atoms with Gasteiger partial charge >= 0.3 is 0 Å². The minimum Gasteiger partial charge on any atom is -0.328 e. The fourth-order valence-electron chi connectivity index (χ4n) is 3.04. The summed E-state index contributed by atoms with van der Waals surface area (Å²) in [6.45, 7) is 1.74. The monoisotopic (exact) mass is 419 g/mol. The minimum absolute atomic E-state index is 0.357. The maximum Gasteiger partial charge on any atom is 0.270 e. The molecule has 146 valence electrons. The van der Waals surface area contributed by atoms with E-state index in [2.05, 4.69) is 10.6 Å². The SMILES string of the molecule is C[C@@H](Cc1ccc(Cl)c(Cl)c1)C(=O)NC1NC(=O)c2ccccc2N(C)C1=O. The number of benzene rings is 2. The first kappa shape index (κ1) is 20.2. The molecule has 0 aromatic heterocycles. The van der Waals surface area contributed by atoms with Crippen LogP contribution in [-0.4, -0.2) is 30.9 Å². The van der Waals surface area contributed by atoms with E-state index in [4.69, 9.17) is 23.2 Å². The van der Waals surface area contributed by atoms with E-state index in [1.807, 2.05) is 0 Å². The smallest absolute Gasteiger partial charge is 0.270 e. The van der Waals surface area contributed by atoms with Crippen LogP contribution in [0.25, 0.3) is 0 Å². The van der Waals surface area contributed by atoms with Crippen LogP contribution in [0.4, 0.5) is 5.69 Å². The Morgan fingerprint density at radius 1 is 1.18 bits per heavy atom. The average molecular weight is 420 g/mol. The van der Waals surface area contributed by atoms with Crippen LogP contribution in [-0.2, 0) is 16.0 Å². The molecule has 0 bridgehead atoms. The molecule has 3 rings (SSSR count). The molecule has 2 aromatic carbocycles. The van der Waals surface area contributed by atoms with Gasteiger partial charge in [0.2, 0.25) is 5.91 Å². The molecule has 0 aliphatic carbocycles. The number of amides is 3. The molecule has 8 heteroatoms. The molecule has 1 unspecified atom stereocenters. The van der Waals surface area contributed by atoms with Crippen molar-refractivity contribution in [3.63, 3.8) is 0 Å². The summed E-state index contributed by atoms with van der Waals surface area (Å²) in [5.41, 5.74) is 1.71. The van der Waals surface area contributed by atoms with Crippen LogP contribution in [0, 0.1) is 5.92 Å². The first-order valence-corrected chi connectivity index (χ1v) is 9.45. The molecule has 0 spiro atoms. The predicted molar refractivity (Wildman–Crippen MR) is 109 cm³/mol. The number of hydrogen-bond acceptors (Lipinski definition) is 3. The van der Waals surface area contributed by atoms with Crippen molar-refractivity contribution in [2.75, 3.05) is 11.9 Å². The van der Waals surface area contributed by atoms with Crippen molar-refractivity contribution in [3.8, 4) is 0 Å². The molecular formula is C20H19Cl2N3O3. The van der Waals surface area contributed by atoms with E-state index in [1.165, 1.54) is 4.90 Å². The largest absolute Gasteiger partial charge is 0.328 e. The zero-order chi connectivity index (χ0) is 20.4. The van der Waals surface area contributed by atoms with E-state index in [0.29, 0.717) is 27.7 Å². The molecule has 2 N–H and O–H groups in total. The number of anilines is 1. The van der Waals surface area contributed by atoms with Crippen molar-refractivity contribution in [2.24, 2.45) is 5.92 Å². The highest BCUT2D eigenvalue weighted by Crippen LogP contribution is 2.24. The van der Waals surface area contributed by atoms with Gasteiger partial charge in [0, 0.05) is 13.0 Å². The second-order valence-electron chi connectivity index (χ2n) is 6.68. The van der Waals surface area contributed by atoms with Crippen LogP contribution >= 0.6 is 23.2 Å². The molecule has 2 atom stereocenters. The molecule has 1 aliphatic rings. The van der Waals surface area contributed by atoms with Gasteiger partial charge in [0.25, 0.3) is 11.8 Å². The Hall–Kier alpha value is -2.57. The molecule has 2 aromatic rings. The Morgan fingerprint density at radius 3 is 2.61 bits per heavy atom. The topological polar surface area (TPSA) is 78.5 Å². The maximum absolute atomic E-state index is 12.7. The first-order chi connectivity index (χ1) is 13.3. The summed E-state index contributed by atoms with van der Waals surface area (Å²) in [5, 5.41) is 6.07. The van der Waals surface area contributed by atoms with Gasteiger partial charge in [-0.2, -0.15) is 0 Å². The van der Waals surface area contributed by atoms with Gasteiger partial charge in [0.15, 0.2) is 6.17 Å². The molecule has 28 heavy (non-hydrogen) atoms. The van der Waals surface area contributed by atoms with Crippen LogP contribution in [0.3, 0.4) is 0 Å². The average Bonchev–Trinajstić information content (AvgIpc) is 2.76. The zero-order valence-corrected chi connectivity index (χ0v) is 16.8. The number of nitrogens with zero attached hydrogens (tertiary/aromatic N) is 1. The molecule has 6 nitrogen and oxygen atoms in total. The van der Waals surface area contributed by atoms with Crippen molar-refractivity contribution in [2.45, 2.75) is 19.5 Å². The van der Waals surface area contributed by atoms with Crippen molar-refractivity contribution in [1.82, 2.24) is 10.6 Å². The Kier molecular flexibility index (Phi) is 5.91. The number of nitrogens with one attached hydrogen (secondary N) is 2. The van der Waals surface area contributed by atoms with Crippen molar-refractivity contribution in [1.29, 1.82) is 0 Å². The molecule has 0 saturated heterocycles. The van der Waals surface area contributed by atoms with Crippen molar-refractivity contribution in [3.05, 3.63) is 63.6 Å². The van der Waals surface area contributed by atoms with E-state index in [1.54, 1.807) is 56.4 Å². The zero-order valence-electron chi connectivity index (χ0n) is 15.3. The lowest BCUT2D eigenvalue weighted by Gasteiger charge is -2.23. The van der Waals surface area contributed by atoms with E-state index in [0.717, 1.165) is 5.56 Å². The van der Waals surface area contributed by atoms with Gasteiger partial charge in [-0.05, 0) is 36.2 Å². The molecule has 1 heterocycles. The van der Waals surface area contributed by atoms with Crippen molar-refractivity contribution < 1.29 is 14.4 Å². The number of fused-ring (bicyclic) bond motifs is 1. The molecule has 0 fully saturated rings. The van der Waals surface area contributed by atoms with Gasteiger partial charge in [-0.25, -0.2) is 0 Å². The Labute approximate surface area is 172 Å². The number of rotatable bonds is 4. The third kappa shape index (κ3) is 4.13. The highest BCUT2D eigenvalue weighted by molar-refractivity contribution is 6.42. The summed E-state index contributed by atoms with van der Waals surface area (Å²) < 4.78 is 0. The molecule has 0 radical (unpaired) electrons. The maximum atomic E-state index is 12.7. The summed E-state index contributed by atoms with van der Waals surface area (Å²) in [6.07, 6.45) is -0.734. The van der Waals surface area contributed by atoms with E-state index in [-0.39, 0.29) is 5.91 Å². The first-order valence-electron chi connectivity index (χ1n) is 8.69. The standard InChI is InChI=1S/C20H19Cl2N3O3/c1-11(9-12-7-8-14(21)15(22)10-12)18(26)23-17-20(28)25(2)16-6-4-3-5-13(16)19(27)24-17/h3-8,10-11,17H,9H2,1-2H3,(H,23,26)(H,24,27)/t11-,17?/m0/s1. The van der Waals surface area contributed by atoms with E-state index >= 15 is 0 Å². The van der Waals surface area contributed by atoms with E-state index < -0.39 is 23.9 Å². The number of para-hydroxylation sites is 1. The fraction of sp³-hybridized carbons (Fsp3) is 0.250. The molecule has 0 saturated carbocycles. The summed E-state index contributed by atoms with van der Waals surface area (Å²) in [7, 11) is 1.57. The van der Waals surface area contributed by atoms with Crippen LogP contribution < -0.4 is 15.5 Å². The Morgan fingerprint density at radius 2 is 1.89 bits per heavy atom. The van der Waals surface area contributed by atoms with E-state index in [9.17, 15) is 14.4 Å². The number of hydrogen-bond donors (Lipinski definition) is 2. The molecular weight excluding hydrogens is 401 g/mol. The third-order valence-corrected chi connectivity index (χ3v) is 5.36. The van der Waals surface area contributed by atoms with Crippen LogP contribution in [0.5, 0.6) is 0 Å². The van der Waals surface area contributed by atoms with Gasteiger partial charge in [0.05, 0.1) is 21.3 Å². The second-order valence-corrected chi connectivity index (χ2v) is 7.50. The van der Waals surface area contributed by atoms with Gasteiger partial charge in [0.1, 0.15) is 0 Å². The summed E-state index contributed by atoms with van der Waals surface area (Å²) in [6, 6.07) is 11.9. The lowest BCUT2D eigenvalue weighted by Crippen LogP contribution is -2.56. The summed E-state index contributed by atoms with van der Waals surface area (Å²) in [5.74, 6) is -1.65. The normalized spacial score (nSPS) is 17.4. The number of likely N-dealkylation sites (N-methyl/N-ethyl adjacent to an activating group) is 1. The highest BCUT2D eigenvalue weighted by atomic mass is 35.5. The van der Waals surface area contributed by atoms with Crippen LogP contribution in [0.2, 0.25) is 10.0 Å². The summed E-state index contributed by atoms with van der Waals surface area (Å²) in [4.78, 5) is 39.1. The molecule has 3 amide bonds. The Balaban J connectivity index is 1.72. The van der Waals surface area contributed by atoms with Gasteiger partial charge in [-0.3, -0.25) is 14.4 Å². The van der Waals surface area contributed by atoms with Crippen LogP contribution in [0.1, 0.15) is 22.8 Å². The van der Waals surface area contributed by atoms with Gasteiger partial charge in [-0.15, -0.1) is 0 Å². The highest BCUT2D eigenvalue weighted by Gasteiger charge is 2.33. The fourth-order valence-corrected chi connectivity index (χ4v) is 3.36. The van der Waals surface area contributed by atoms with Gasteiger partial charge < -0.3 is 15.5 Å². The minimum atomic E-state index is -1.14. The lowest BCUT2D eigenvalue weighted by molar-refractivity contribution is -0.130. The van der Waals surface area contributed by atoms with Crippen molar-refractivity contribution >= 4 is 46.6 Å².